The number of hydrogen-bond donors (Lipinski definition) is 2. The molecule has 3 aromatic rings. The molecule has 0 aliphatic carbocycles. The van der Waals surface area contributed by atoms with E-state index in [4.69, 9.17) is 4.74 Å². The van der Waals surface area contributed by atoms with Gasteiger partial charge in [-0.3, -0.25) is 14.3 Å². The first-order chi connectivity index (χ1) is 16.0. The third-order valence-electron chi connectivity index (χ3n) is 5.82. The van der Waals surface area contributed by atoms with E-state index < -0.39 is 17.1 Å². The molecule has 0 fully saturated rings. The topological polar surface area (TPSA) is 83.8 Å². The standard InChI is InChI=1S/C26H27N3O4/c1-18-8-3-4-10-20(18)16-21-19(2)9-7-11-23(21)33-15-6-5-13-28-17-27-29-14-12-22(30)25(31)24(29)26(28)32/h3-12,14,27,31H,13,15-17H2,1-2H3/b6-5-. The van der Waals surface area contributed by atoms with E-state index in [2.05, 4.69) is 43.5 Å². The van der Waals surface area contributed by atoms with Crippen LogP contribution in [-0.4, -0.2) is 40.4 Å². The van der Waals surface area contributed by atoms with Crippen LogP contribution in [0.4, 0.5) is 0 Å². The van der Waals surface area contributed by atoms with Crippen molar-refractivity contribution in [1.82, 2.24) is 9.58 Å². The van der Waals surface area contributed by atoms with Crippen molar-refractivity contribution in [3.8, 4) is 11.5 Å². The maximum atomic E-state index is 12.7. The Morgan fingerprint density at radius 1 is 1.03 bits per heavy atom. The van der Waals surface area contributed by atoms with Crippen LogP contribution in [0.3, 0.4) is 0 Å². The van der Waals surface area contributed by atoms with Gasteiger partial charge in [0, 0.05) is 30.8 Å². The summed E-state index contributed by atoms with van der Waals surface area (Å²) in [5.41, 5.74) is 7.20. The molecule has 2 aromatic carbocycles. The summed E-state index contributed by atoms with van der Waals surface area (Å²) < 4.78 is 7.42. The van der Waals surface area contributed by atoms with Crippen LogP contribution in [0.5, 0.6) is 11.5 Å². The van der Waals surface area contributed by atoms with Gasteiger partial charge in [-0.15, -0.1) is 0 Å². The second-order valence-electron chi connectivity index (χ2n) is 8.03. The largest absolute Gasteiger partial charge is 0.502 e. The predicted molar refractivity (Wildman–Crippen MR) is 127 cm³/mol. The number of aromatic nitrogens is 1. The Labute approximate surface area is 192 Å². The first-order valence-corrected chi connectivity index (χ1v) is 10.8. The number of amides is 1. The van der Waals surface area contributed by atoms with E-state index in [-0.39, 0.29) is 12.4 Å². The average Bonchev–Trinajstić information content (AvgIpc) is 2.80. The molecule has 0 bridgehead atoms. The third kappa shape index (κ3) is 4.77. The van der Waals surface area contributed by atoms with Crippen LogP contribution in [0.1, 0.15) is 32.7 Å². The van der Waals surface area contributed by atoms with Crippen LogP contribution >= 0.6 is 0 Å². The molecular formula is C26H27N3O4. The summed E-state index contributed by atoms with van der Waals surface area (Å²) in [6, 6.07) is 15.6. The van der Waals surface area contributed by atoms with E-state index >= 15 is 0 Å². The average molecular weight is 446 g/mol. The highest BCUT2D eigenvalue weighted by Crippen LogP contribution is 2.26. The monoisotopic (exact) mass is 445 g/mol. The van der Waals surface area contributed by atoms with Gasteiger partial charge in [-0.1, -0.05) is 42.5 Å². The number of aromatic hydroxyl groups is 1. The molecule has 1 amide bonds. The van der Waals surface area contributed by atoms with Crippen molar-refractivity contribution in [1.29, 1.82) is 0 Å². The van der Waals surface area contributed by atoms with Crippen LogP contribution in [0, 0.1) is 13.8 Å². The molecule has 0 radical (unpaired) electrons. The molecule has 1 aromatic heterocycles. The molecule has 33 heavy (non-hydrogen) atoms. The van der Waals surface area contributed by atoms with Gasteiger partial charge in [0.05, 0.1) is 0 Å². The number of hydrogen-bond acceptors (Lipinski definition) is 5. The predicted octanol–water partition coefficient (Wildman–Crippen LogP) is 3.35. The number of rotatable bonds is 7. The molecule has 0 atom stereocenters. The number of ether oxygens (including phenoxy) is 1. The van der Waals surface area contributed by atoms with E-state index in [1.165, 1.54) is 38.5 Å². The van der Waals surface area contributed by atoms with E-state index in [9.17, 15) is 14.7 Å². The Bertz CT molecular complexity index is 1260. The van der Waals surface area contributed by atoms with Crippen molar-refractivity contribution in [3.63, 3.8) is 0 Å². The van der Waals surface area contributed by atoms with Gasteiger partial charge >= 0.3 is 0 Å². The van der Waals surface area contributed by atoms with Gasteiger partial charge in [-0.25, -0.2) is 0 Å². The second kappa shape index (κ2) is 9.65. The normalized spacial score (nSPS) is 13.2. The molecule has 4 rings (SSSR count). The van der Waals surface area contributed by atoms with Crippen LogP contribution in [0.15, 0.2) is 71.7 Å². The van der Waals surface area contributed by atoms with Gasteiger partial charge < -0.3 is 20.2 Å². The minimum Gasteiger partial charge on any atom is -0.502 e. The fraction of sp³-hybridized carbons (Fsp3) is 0.231. The number of pyridine rings is 1. The quantitative estimate of drug-likeness (QED) is 0.545. The highest BCUT2D eigenvalue weighted by atomic mass is 16.5. The van der Waals surface area contributed by atoms with Gasteiger partial charge in [0.25, 0.3) is 5.91 Å². The van der Waals surface area contributed by atoms with E-state index in [0.29, 0.717) is 13.2 Å². The Kier molecular flexibility index (Phi) is 6.49. The van der Waals surface area contributed by atoms with E-state index in [1.807, 2.05) is 30.4 Å². The minimum atomic E-state index is -0.582. The van der Waals surface area contributed by atoms with Gasteiger partial charge in [0.1, 0.15) is 19.0 Å². The molecule has 0 saturated heterocycles. The van der Waals surface area contributed by atoms with Crippen molar-refractivity contribution in [2.75, 3.05) is 25.2 Å². The Morgan fingerprint density at radius 3 is 2.64 bits per heavy atom. The number of fused-ring (bicyclic) bond motifs is 1. The fourth-order valence-corrected chi connectivity index (χ4v) is 3.84. The number of nitrogens with zero attached hydrogens (tertiary/aromatic N) is 2. The lowest BCUT2D eigenvalue weighted by molar-refractivity contribution is 0.0741. The summed E-state index contributed by atoms with van der Waals surface area (Å²) in [5.74, 6) is -0.113. The molecule has 1 aliphatic heterocycles. The van der Waals surface area contributed by atoms with Crippen LogP contribution < -0.4 is 15.6 Å². The van der Waals surface area contributed by atoms with Crippen LogP contribution in [0.2, 0.25) is 0 Å². The zero-order valence-corrected chi connectivity index (χ0v) is 18.7. The lowest BCUT2D eigenvalue weighted by atomic mass is 9.97. The summed E-state index contributed by atoms with van der Waals surface area (Å²) in [7, 11) is 0. The molecule has 170 valence electrons. The van der Waals surface area contributed by atoms with Gasteiger partial charge in [-0.05, 0) is 42.7 Å². The van der Waals surface area contributed by atoms with Crippen molar-refractivity contribution >= 4 is 5.91 Å². The van der Waals surface area contributed by atoms with Crippen molar-refractivity contribution in [2.45, 2.75) is 20.3 Å². The highest BCUT2D eigenvalue weighted by Gasteiger charge is 2.27. The number of benzene rings is 2. The molecule has 0 unspecified atom stereocenters. The Hall–Kier alpha value is -4.00. The van der Waals surface area contributed by atoms with Crippen LogP contribution in [-0.2, 0) is 6.42 Å². The summed E-state index contributed by atoms with van der Waals surface area (Å²) in [5, 5.41) is 9.98. The lowest BCUT2D eigenvalue weighted by Gasteiger charge is -2.30. The molecule has 2 N–H and O–H groups in total. The maximum absolute atomic E-state index is 12.7. The first kappa shape index (κ1) is 22.2. The van der Waals surface area contributed by atoms with E-state index in [0.717, 1.165) is 17.7 Å². The van der Waals surface area contributed by atoms with Crippen LogP contribution in [0.25, 0.3) is 0 Å². The molecule has 7 heteroatoms. The van der Waals surface area contributed by atoms with Crippen molar-refractivity contribution in [3.05, 3.63) is 105 Å². The molecule has 0 saturated carbocycles. The fourth-order valence-electron chi connectivity index (χ4n) is 3.84. The molecule has 2 heterocycles. The van der Waals surface area contributed by atoms with Gasteiger partial charge in [0.2, 0.25) is 5.43 Å². The maximum Gasteiger partial charge on any atom is 0.278 e. The first-order valence-electron chi connectivity index (χ1n) is 10.8. The summed E-state index contributed by atoms with van der Waals surface area (Å²) in [6.45, 7) is 5.15. The summed E-state index contributed by atoms with van der Waals surface area (Å²) >= 11 is 0. The number of nitrogens with one attached hydrogen (secondary N) is 1. The summed E-state index contributed by atoms with van der Waals surface area (Å²) in [4.78, 5) is 25.8. The zero-order chi connectivity index (χ0) is 23.4. The van der Waals surface area contributed by atoms with Crippen molar-refractivity contribution in [2.24, 2.45) is 0 Å². The molecular weight excluding hydrogens is 418 g/mol. The zero-order valence-electron chi connectivity index (χ0n) is 18.7. The smallest absolute Gasteiger partial charge is 0.278 e. The van der Waals surface area contributed by atoms with Crippen molar-refractivity contribution < 1.29 is 14.6 Å². The summed E-state index contributed by atoms with van der Waals surface area (Å²) in [6.07, 6.45) is 5.94. The molecule has 7 nitrogen and oxygen atoms in total. The SMILES string of the molecule is Cc1ccccc1Cc1c(C)cccc1OC/C=C\CN1CNn2ccc(=O)c(O)c2C1=O. The Morgan fingerprint density at radius 2 is 1.82 bits per heavy atom. The number of carbonyl (C=O) groups excluding carboxylic acids is 1. The number of aryl methyl sites for hydroxylation is 2. The van der Waals surface area contributed by atoms with Gasteiger partial charge in [0.15, 0.2) is 11.4 Å². The molecule has 0 spiro atoms. The second-order valence-corrected chi connectivity index (χ2v) is 8.03. The molecule has 1 aliphatic rings. The highest BCUT2D eigenvalue weighted by molar-refractivity contribution is 5.96. The minimum absolute atomic E-state index is 0.0565. The van der Waals surface area contributed by atoms with Gasteiger partial charge in [-0.2, -0.15) is 0 Å². The lowest BCUT2D eigenvalue weighted by Crippen LogP contribution is -2.46. The Balaban J connectivity index is 1.38. The van der Waals surface area contributed by atoms with E-state index in [1.54, 1.807) is 0 Å². The third-order valence-corrected chi connectivity index (χ3v) is 5.82. The number of carbonyl (C=O) groups is 1.